The number of hydrogen-bond acceptors (Lipinski definition) is 3. The Balaban J connectivity index is 1.89. The lowest BCUT2D eigenvalue weighted by atomic mass is 9.89. The quantitative estimate of drug-likeness (QED) is 0.727. The number of rotatable bonds is 8. The lowest BCUT2D eigenvalue weighted by molar-refractivity contribution is -0.136. The van der Waals surface area contributed by atoms with Crippen molar-refractivity contribution < 1.29 is 14.4 Å². The van der Waals surface area contributed by atoms with Crippen molar-refractivity contribution in [1.82, 2.24) is 10.2 Å². The third-order valence-electron chi connectivity index (χ3n) is 4.75. The van der Waals surface area contributed by atoms with Crippen molar-refractivity contribution in [3.8, 4) is 0 Å². The number of Topliss-reactive ketones (excluding diaryl/α,β-unsaturated/α-hetero) is 1. The number of ketones is 1. The van der Waals surface area contributed by atoms with Crippen molar-refractivity contribution in [2.45, 2.75) is 65.3 Å². The number of nitrogens with one attached hydrogen (secondary N) is 1. The first-order valence-corrected chi connectivity index (χ1v) is 9.62. The molecule has 1 aromatic carbocycles. The first kappa shape index (κ1) is 20.1. The summed E-state index contributed by atoms with van der Waals surface area (Å²) in [6, 6.07) is 5.97. The van der Waals surface area contributed by atoms with Crippen LogP contribution in [-0.2, 0) is 22.4 Å². The third-order valence-corrected chi connectivity index (χ3v) is 4.75. The van der Waals surface area contributed by atoms with Gasteiger partial charge in [-0.2, -0.15) is 0 Å². The first-order chi connectivity index (χ1) is 12.4. The fraction of sp³-hybridized carbons (Fsp3) is 0.571. The summed E-state index contributed by atoms with van der Waals surface area (Å²) in [5.74, 6) is -0.330. The zero-order valence-corrected chi connectivity index (χ0v) is 16.1. The molecule has 26 heavy (non-hydrogen) atoms. The number of aryl methyl sites for hydroxylation is 2. The van der Waals surface area contributed by atoms with Crippen molar-refractivity contribution in [1.29, 1.82) is 0 Å². The van der Waals surface area contributed by atoms with Crippen LogP contribution < -0.4 is 5.32 Å². The number of amides is 2. The molecule has 0 unspecified atom stereocenters. The Morgan fingerprint density at radius 2 is 1.77 bits per heavy atom. The van der Waals surface area contributed by atoms with Crippen LogP contribution in [0.3, 0.4) is 0 Å². The topological polar surface area (TPSA) is 66.5 Å². The summed E-state index contributed by atoms with van der Waals surface area (Å²) in [6.45, 7) is 6.10. The Morgan fingerprint density at radius 1 is 1.08 bits per heavy atom. The largest absolute Gasteiger partial charge is 0.352 e. The highest BCUT2D eigenvalue weighted by atomic mass is 16.2. The molecule has 0 aromatic heterocycles. The smallest absolute Gasteiger partial charge is 0.239 e. The summed E-state index contributed by atoms with van der Waals surface area (Å²) >= 11 is 0. The summed E-state index contributed by atoms with van der Waals surface area (Å²) in [7, 11) is 0. The van der Waals surface area contributed by atoms with Crippen molar-refractivity contribution in [2.24, 2.45) is 0 Å². The molecule has 1 aliphatic carbocycles. The van der Waals surface area contributed by atoms with Gasteiger partial charge in [0, 0.05) is 31.0 Å². The van der Waals surface area contributed by atoms with Gasteiger partial charge in [0.15, 0.2) is 5.78 Å². The lowest BCUT2D eigenvalue weighted by Gasteiger charge is -2.21. The number of hydrogen-bond donors (Lipinski definition) is 1. The summed E-state index contributed by atoms with van der Waals surface area (Å²) < 4.78 is 0. The standard InChI is InChI=1S/C21H30N2O3/c1-4-23(14-20(25)22-15(2)3)21(26)12-11-19(24)18-10-9-16-7-5-6-8-17(16)13-18/h9-10,13,15H,4-8,11-12,14H2,1-3H3,(H,22,25). The Kier molecular flexibility index (Phi) is 7.37. The van der Waals surface area contributed by atoms with E-state index in [0.717, 1.165) is 12.8 Å². The van der Waals surface area contributed by atoms with Gasteiger partial charge < -0.3 is 10.2 Å². The lowest BCUT2D eigenvalue weighted by Crippen LogP contribution is -2.42. The molecule has 1 aromatic rings. The van der Waals surface area contributed by atoms with Crippen molar-refractivity contribution in [2.75, 3.05) is 13.1 Å². The summed E-state index contributed by atoms with van der Waals surface area (Å²) in [5, 5.41) is 2.78. The van der Waals surface area contributed by atoms with Gasteiger partial charge in [0.1, 0.15) is 0 Å². The van der Waals surface area contributed by atoms with Crippen LogP contribution >= 0.6 is 0 Å². The van der Waals surface area contributed by atoms with Crippen LogP contribution in [0.15, 0.2) is 18.2 Å². The van der Waals surface area contributed by atoms with Crippen LogP contribution in [0.4, 0.5) is 0 Å². The minimum atomic E-state index is -0.170. The molecule has 0 spiro atoms. The highest BCUT2D eigenvalue weighted by Gasteiger charge is 2.18. The fourth-order valence-corrected chi connectivity index (χ4v) is 3.35. The predicted molar refractivity (Wildman–Crippen MR) is 102 cm³/mol. The third kappa shape index (κ3) is 5.68. The van der Waals surface area contributed by atoms with E-state index in [1.807, 2.05) is 32.9 Å². The minimum Gasteiger partial charge on any atom is -0.352 e. The monoisotopic (exact) mass is 358 g/mol. The molecule has 0 radical (unpaired) electrons. The molecule has 0 saturated heterocycles. The van der Waals surface area contributed by atoms with Crippen molar-refractivity contribution in [3.63, 3.8) is 0 Å². The van der Waals surface area contributed by atoms with Crippen LogP contribution in [0.2, 0.25) is 0 Å². The number of benzene rings is 1. The van der Waals surface area contributed by atoms with Crippen LogP contribution in [-0.4, -0.2) is 41.6 Å². The fourth-order valence-electron chi connectivity index (χ4n) is 3.35. The molecular formula is C21H30N2O3. The molecule has 5 nitrogen and oxygen atoms in total. The van der Waals surface area contributed by atoms with Crippen molar-refractivity contribution in [3.05, 3.63) is 34.9 Å². The number of carbonyl (C=O) groups excluding carboxylic acids is 3. The Hall–Kier alpha value is -2.17. The zero-order valence-electron chi connectivity index (χ0n) is 16.1. The van der Waals surface area contributed by atoms with Gasteiger partial charge in [-0.1, -0.05) is 12.1 Å². The Bertz CT molecular complexity index is 667. The van der Waals surface area contributed by atoms with Gasteiger partial charge in [-0.3, -0.25) is 14.4 Å². The highest BCUT2D eigenvalue weighted by molar-refractivity contribution is 5.98. The normalized spacial score (nSPS) is 13.2. The number of nitrogens with zero attached hydrogens (tertiary/aromatic N) is 1. The van der Waals surface area contributed by atoms with Gasteiger partial charge in [-0.25, -0.2) is 0 Å². The average molecular weight is 358 g/mol. The second-order valence-electron chi connectivity index (χ2n) is 7.24. The molecule has 5 heteroatoms. The molecule has 2 amide bonds. The van der Waals surface area contributed by atoms with E-state index in [-0.39, 0.29) is 43.0 Å². The van der Waals surface area contributed by atoms with E-state index in [2.05, 4.69) is 11.4 Å². The molecule has 0 fully saturated rings. The molecule has 0 atom stereocenters. The van der Waals surface area contributed by atoms with E-state index < -0.39 is 0 Å². The summed E-state index contributed by atoms with van der Waals surface area (Å²) in [6.07, 6.45) is 4.83. The van der Waals surface area contributed by atoms with Crippen LogP contribution in [0.1, 0.15) is 67.9 Å². The van der Waals surface area contributed by atoms with E-state index >= 15 is 0 Å². The van der Waals surface area contributed by atoms with E-state index in [1.165, 1.54) is 28.9 Å². The van der Waals surface area contributed by atoms with Gasteiger partial charge in [0.2, 0.25) is 11.8 Å². The molecule has 0 heterocycles. The molecule has 2 rings (SSSR count). The average Bonchev–Trinajstić information content (AvgIpc) is 2.62. The van der Waals surface area contributed by atoms with E-state index in [0.29, 0.717) is 12.1 Å². The van der Waals surface area contributed by atoms with E-state index in [4.69, 9.17) is 0 Å². The molecule has 1 aliphatic rings. The zero-order chi connectivity index (χ0) is 19.1. The maximum Gasteiger partial charge on any atom is 0.239 e. The van der Waals surface area contributed by atoms with E-state index in [9.17, 15) is 14.4 Å². The number of carbonyl (C=O) groups is 3. The SMILES string of the molecule is CCN(CC(=O)NC(C)C)C(=O)CCC(=O)c1ccc2c(c1)CCCC2. The Morgan fingerprint density at radius 3 is 2.42 bits per heavy atom. The van der Waals surface area contributed by atoms with Gasteiger partial charge in [0.05, 0.1) is 6.54 Å². The van der Waals surface area contributed by atoms with Gasteiger partial charge >= 0.3 is 0 Å². The maximum atomic E-state index is 12.5. The second-order valence-corrected chi connectivity index (χ2v) is 7.24. The molecule has 0 aliphatic heterocycles. The minimum absolute atomic E-state index is 0.00518. The second kappa shape index (κ2) is 9.51. The van der Waals surface area contributed by atoms with Crippen molar-refractivity contribution >= 4 is 17.6 Å². The highest BCUT2D eigenvalue weighted by Crippen LogP contribution is 2.23. The summed E-state index contributed by atoms with van der Waals surface area (Å²) in [5.41, 5.74) is 3.31. The molecule has 0 bridgehead atoms. The van der Waals surface area contributed by atoms with Crippen LogP contribution in [0.5, 0.6) is 0 Å². The number of fused-ring (bicyclic) bond motifs is 1. The van der Waals surface area contributed by atoms with Crippen LogP contribution in [0, 0.1) is 0 Å². The first-order valence-electron chi connectivity index (χ1n) is 9.62. The van der Waals surface area contributed by atoms with Crippen LogP contribution in [0.25, 0.3) is 0 Å². The molecule has 0 saturated carbocycles. The predicted octanol–water partition coefficient (Wildman–Crippen LogP) is 2.90. The summed E-state index contributed by atoms with van der Waals surface area (Å²) in [4.78, 5) is 38.2. The molecule has 1 N–H and O–H groups in total. The van der Waals surface area contributed by atoms with E-state index in [1.54, 1.807) is 0 Å². The molecular weight excluding hydrogens is 328 g/mol. The maximum absolute atomic E-state index is 12.5. The number of likely N-dealkylation sites (N-methyl/N-ethyl adjacent to an activating group) is 1. The molecule has 142 valence electrons. The Labute approximate surface area is 156 Å². The van der Waals surface area contributed by atoms with Gasteiger partial charge in [-0.15, -0.1) is 0 Å². The van der Waals surface area contributed by atoms with Gasteiger partial charge in [0.25, 0.3) is 0 Å². The van der Waals surface area contributed by atoms with Gasteiger partial charge in [-0.05, 0) is 63.6 Å².